The number of aliphatic hydroxyl groups excluding tert-OH is 4. The fourth-order valence-electron chi connectivity index (χ4n) is 3.64. The lowest BCUT2D eigenvalue weighted by molar-refractivity contribution is -0.262. The maximum absolute atomic E-state index is 10.3. The molecule has 4 N–H and O–H groups in total. The monoisotopic (exact) mass is 417 g/mol. The predicted molar refractivity (Wildman–Crippen MR) is 112 cm³/mol. The van der Waals surface area contributed by atoms with Crippen molar-refractivity contribution in [3.05, 3.63) is 65.7 Å². The van der Waals surface area contributed by atoms with Crippen LogP contribution in [0.4, 0.5) is 0 Å². The number of hydrogen-bond donors (Lipinski definition) is 4. The fraction of sp³-hybridized carbons (Fsp3) is 0.478. The van der Waals surface area contributed by atoms with Gasteiger partial charge in [0.25, 0.3) is 0 Å². The molecule has 0 bridgehead atoms. The zero-order valence-electron chi connectivity index (χ0n) is 17.3. The van der Waals surface area contributed by atoms with Crippen LogP contribution in [-0.2, 0) is 4.74 Å². The number of likely N-dealkylation sites (N-methyl/N-ethyl adjacent to an activating group) is 1. The van der Waals surface area contributed by atoms with Crippen molar-refractivity contribution in [2.75, 3.05) is 20.2 Å². The summed E-state index contributed by atoms with van der Waals surface area (Å²) in [5.41, 5.74) is 2.18. The Bertz CT molecular complexity index is 769. The lowest BCUT2D eigenvalue weighted by Gasteiger charge is -2.43. The molecule has 1 aliphatic heterocycles. The summed E-state index contributed by atoms with van der Waals surface area (Å²) in [5, 5.41) is 39.8. The van der Waals surface area contributed by atoms with Crippen LogP contribution in [0.5, 0.6) is 5.75 Å². The molecule has 7 heteroatoms. The average Bonchev–Trinajstić information content (AvgIpc) is 2.77. The smallest absolute Gasteiger partial charge is 0.139 e. The van der Waals surface area contributed by atoms with Gasteiger partial charge in [-0.3, -0.25) is 4.90 Å². The summed E-state index contributed by atoms with van der Waals surface area (Å²) in [6.45, 7) is 2.07. The van der Waals surface area contributed by atoms with Gasteiger partial charge in [0.05, 0.1) is 6.61 Å². The van der Waals surface area contributed by atoms with Crippen LogP contribution in [-0.4, -0.2) is 76.2 Å². The molecule has 6 atom stereocenters. The van der Waals surface area contributed by atoms with Crippen LogP contribution in [0.15, 0.2) is 54.6 Å². The number of aliphatic hydroxyl groups is 4. The van der Waals surface area contributed by atoms with E-state index in [1.807, 2.05) is 61.5 Å². The summed E-state index contributed by atoms with van der Waals surface area (Å²) in [7, 11) is 1.76. The summed E-state index contributed by atoms with van der Waals surface area (Å²) in [6, 6.07) is 17.8. The molecular formula is C23H31NO6. The van der Waals surface area contributed by atoms with Gasteiger partial charge in [-0.1, -0.05) is 48.0 Å². The van der Waals surface area contributed by atoms with Crippen molar-refractivity contribution in [1.29, 1.82) is 0 Å². The number of aryl methyl sites for hydroxylation is 1. The predicted octanol–water partition coefficient (Wildman–Crippen LogP) is 1.24. The van der Waals surface area contributed by atoms with Gasteiger partial charge in [-0.05, 0) is 31.7 Å². The Morgan fingerprint density at radius 1 is 0.967 bits per heavy atom. The Labute approximate surface area is 177 Å². The topological polar surface area (TPSA) is 103 Å². The van der Waals surface area contributed by atoms with Gasteiger partial charge in [-0.25, -0.2) is 0 Å². The molecule has 0 aromatic heterocycles. The van der Waals surface area contributed by atoms with E-state index in [9.17, 15) is 20.4 Å². The van der Waals surface area contributed by atoms with Gasteiger partial charge in [0.15, 0.2) is 0 Å². The molecule has 2 aromatic rings. The first-order valence-electron chi connectivity index (χ1n) is 10.2. The van der Waals surface area contributed by atoms with Crippen molar-refractivity contribution in [3.8, 4) is 5.75 Å². The third kappa shape index (κ3) is 5.37. The van der Waals surface area contributed by atoms with Crippen LogP contribution in [0.25, 0.3) is 0 Å². The van der Waals surface area contributed by atoms with Crippen molar-refractivity contribution >= 4 is 0 Å². The molecule has 6 unspecified atom stereocenters. The standard InChI is InChI=1S/C23H31NO6/c1-15-8-10-17(11-9-15)29-18(16-6-4-3-5-7-16)12-13-24(2)23-22(28)21(27)20(26)19(14-25)30-23/h3-11,18-23,25-28H,12-14H2,1-2H3. The van der Waals surface area contributed by atoms with Crippen LogP contribution in [0, 0.1) is 6.92 Å². The summed E-state index contributed by atoms with van der Waals surface area (Å²) in [6.07, 6.45) is -5.44. The fourth-order valence-corrected chi connectivity index (χ4v) is 3.64. The van der Waals surface area contributed by atoms with E-state index in [2.05, 4.69) is 0 Å². The number of rotatable bonds is 8. The number of nitrogens with zero attached hydrogens (tertiary/aromatic N) is 1. The normalized spacial score (nSPS) is 27.8. The minimum Gasteiger partial charge on any atom is -0.486 e. The van der Waals surface area contributed by atoms with Gasteiger partial charge in [-0.2, -0.15) is 0 Å². The molecule has 7 nitrogen and oxygen atoms in total. The SMILES string of the molecule is Cc1ccc(OC(CCN(C)C2OC(CO)C(O)C(O)C2O)c2ccccc2)cc1. The maximum Gasteiger partial charge on any atom is 0.139 e. The first-order chi connectivity index (χ1) is 14.4. The van der Waals surface area contributed by atoms with Crippen molar-refractivity contribution in [2.24, 2.45) is 0 Å². The van der Waals surface area contributed by atoms with Gasteiger partial charge in [0.1, 0.15) is 42.5 Å². The first-order valence-corrected chi connectivity index (χ1v) is 10.2. The minimum atomic E-state index is -1.39. The highest BCUT2D eigenvalue weighted by atomic mass is 16.6. The summed E-state index contributed by atoms with van der Waals surface area (Å²) in [5.74, 6) is 0.768. The highest BCUT2D eigenvalue weighted by molar-refractivity contribution is 5.28. The molecule has 0 spiro atoms. The van der Waals surface area contributed by atoms with E-state index in [4.69, 9.17) is 9.47 Å². The lowest BCUT2D eigenvalue weighted by atomic mass is 9.97. The number of benzene rings is 2. The van der Waals surface area contributed by atoms with Crippen molar-refractivity contribution in [3.63, 3.8) is 0 Å². The third-order valence-corrected chi connectivity index (χ3v) is 5.52. The Morgan fingerprint density at radius 3 is 2.27 bits per heavy atom. The highest BCUT2D eigenvalue weighted by Crippen LogP contribution is 2.27. The van der Waals surface area contributed by atoms with Crippen molar-refractivity contribution in [2.45, 2.75) is 50.1 Å². The van der Waals surface area contributed by atoms with E-state index < -0.39 is 37.3 Å². The second-order valence-corrected chi connectivity index (χ2v) is 7.82. The zero-order chi connectivity index (χ0) is 21.7. The molecule has 1 heterocycles. The Hall–Kier alpha value is -2.00. The van der Waals surface area contributed by atoms with Gasteiger partial charge in [0, 0.05) is 13.0 Å². The molecule has 1 aliphatic rings. The van der Waals surface area contributed by atoms with E-state index in [1.54, 1.807) is 11.9 Å². The Kier molecular flexibility index (Phi) is 7.82. The third-order valence-electron chi connectivity index (χ3n) is 5.52. The largest absolute Gasteiger partial charge is 0.486 e. The molecule has 0 radical (unpaired) electrons. The molecular weight excluding hydrogens is 386 g/mol. The van der Waals surface area contributed by atoms with Gasteiger partial charge in [-0.15, -0.1) is 0 Å². The average molecular weight is 418 g/mol. The van der Waals surface area contributed by atoms with Gasteiger partial charge >= 0.3 is 0 Å². The van der Waals surface area contributed by atoms with E-state index in [-0.39, 0.29) is 6.10 Å². The summed E-state index contributed by atoms with van der Waals surface area (Å²) < 4.78 is 11.9. The second kappa shape index (κ2) is 10.3. The lowest BCUT2D eigenvalue weighted by Crippen LogP contribution is -2.62. The molecule has 1 fully saturated rings. The molecule has 2 aromatic carbocycles. The van der Waals surface area contributed by atoms with E-state index in [0.29, 0.717) is 13.0 Å². The first kappa shape index (κ1) is 22.7. The zero-order valence-corrected chi connectivity index (χ0v) is 17.3. The molecule has 164 valence electrons. The van der Waals surface area contributed by atoms with Crippen LogP contribution < -0.4 is 4.74 Å². The molecule has 1 saturated heterocycles. The summed E-state index contributed by atoms with van der Waals surface area (Å²) in [4.78, 5) is 1.76. The molecule has 0 saturated carbocycles. The Morgan fingerprint density at radius 2 is 1.63 bits per heavy atom. The molecule has 30 heavy (non-hydrogen) atoms. The van der Waals surface area contributed by atoms with Crippen molar-refractivity contribution < 1.29 is 29.9 Å². The van der Waals surface area contributed by atoms with Gasteiger partial charge in [0.2, 0.25) is 0 Å². The van der Waals surface area contributed by atoms with Gasteiger partial charge < -0.3 is 29.9 Å². The van der Waals surface area contributed by atoms with Crippen LogP contribution >= 0.6 is 0 Å². The number of hydrogen-bond acceptors (Lipinski definition) is 7. The molecule has 0 amide bonds. The van der Waals surface area contributed by atoms with E-state index >= 15 is 0 Å². The van der Waals surface area contributed by atoms with E-state index in [1.165, 1.54) is 0 Å². The molecule has 3 rings (SSSR count). The number of ether oxygens (including phenoxy) is 2. The second-order valence-electron chi connectivity index (χ2n) is 7.82. The van der Waals surface area contributed by atoms with Crippen molar-refractivity contribution in [1.82, 2.24) is 4.90 Å². The summed E-state index contributed by atoms with van der Waals surface area (Å²) >= 11 is 0. The highest BCUT2D eigenvalue weighted by Gasteiger charge is 2.44. The molecule has 0 aliphatic carbocycles. The van der Waals surface area contributed by atoms with Crippen LogP contribution in [0.1, 0.15) is 23.7 Å². The Balaban J connectivity index is 1.69. The quantitative estimate of drug-likeness (QED) is 0.512. The van der Waals surface area contributed by atoms with E-state index in [0.717, 1.165) is 16.9 Å². The van der Waals surface area contributed by atoms with Crippen LogP contribution in [0.2, 0.25) is 0 Å². The maximum atomic E-state index is 10.3. The minimum absolute atomic E-state index is 0.221. The van der Waals surface area contributed by atoms with Crippen LogP contribution in [0.3, 0.4) is 0 Å².